The van der Waals surface area contributed by atoms with Crippen LogP contribution >= 0.6 is 7.29 Å². The first-order valence-electron chi connectivity index (χ1n) is 10.7. The summed E-state index contributed by atoms with van der Waals surface area (Å²) in [6.07, 6.45) is 5.63. The van der Waals surface area contributed by atoms with Crippen LogP contribution < -0.4 is 5.30 Å². The molecular formula is C27H26NO2P. The first-order chi connectivity index (χ1) is 15.1. The average Bonchev–Trinajstić information content (AvgIpc) is 3.07. The third-order valence-electron chi connectivity index (χ3n) is 6.54. The van der Waals surface area contributed by atoms with E-state index in [2.05, 4.69) is 35.0 Å². The fourth-order valence-corrected chi connectivity index (χ4v) is 8.21. The van der Waals surface area contributed by atoms with Crippen LogP contribution in [-0.2, 0) is 4.57 Å². The monoisotopic (exact) mass is 427 g/mol. The Hall–Kier alpha value is -2.71. The van der Waals surface area contributed by atoms with E-state index in [9.17, 15) is 9.67 Å². The molecule has 1 heterocycles. The molecule has 0 aromatic heterocycles. The third kappa shape index (κ3) is 3.34. The highest BCUT2D eigenvalue weighted by Gasteiger charge is 2.52. The van der Waals surface area contributed by atoms with Crippen LogP contribution in [0.4, 0.5) is 0 Å². The molecule has 1 aliphatic carbocycles. The van der Waals surface area contributed by atoms with Gasteiger partial charge in [-0.3, -0.25) is 4.57 Å². The maximum absolute atomic E-state index is 14.7. The van der Waals surface area contributed by atoms with Crippen LogP contribution in [0.15, 0.2) is 115 Å². The molecule has 3 nitrogen and oxygen atoms in total. The molecule has 1 fully saturated rings. The number of nitrogens with zero attached hydrogens (tertiary/aromatic N) is 1. The van der Waals surface area contributed by atoms with Gasteiger partial charge in [0.1, 0.15) is 0 Å². The van der Waals surface area contributed by atoms with Crippen molar-refractivity contribution in [2.24, 2.45) is 11.8 Å². The minimum Gasteiger partial charge on any atom is -0.387 e. The summed E-state index contributed by atoms with van der Waals surface area (Å²) in [5, 5.41) is 12.8. The molecule has 156 valence electrons. The van der Waals surface area contributed by atoms with Crippen LogP contribution in [0.1, 0.15) is 23.3 Å². The van der Waals surface area contributed by atoms with Crippen molar-refractivity contribution in [3.63, 3.8) is 0 Å². The van der Waals surface area contributed by atoms with Gasteiger partial charge in [-0.1, -0.05) is 97.1 Å². The molecule has 1 N–H and O–H groups in total. The highest BCUT2D eigenvalue weighted by molar-refractivity contribution is 7.73. The lowest BCUT2D eigenvalue weighted by Crippen LogP contribution is -2.22. The highest BCUT2D eigenvalue weighted by atomic mass is 31.2. The fraction of sp³-hybridized carbons (Fsp3) is 0.185. The van der Waals surface area contributed by atoms with E-state index in [-0.39, 0.29) is 17.9 Å². The Bertz CT molecular complexity index is 1160. The minimum absolute atomic E-state index is 0.00967. The maximum atomic E-state index is 14.7. The van der Waals surface area contributed by atoms with Crippen LogP contribution in [0.5, 0.6) is 0 Å². The van der Waals surface area contributed by atoms with Crippen molar-refractivity contribution in [3.8, 4) is 0 Å². The Morgan fingerprint density at radius 1 is 0.839 bits per heavy atom. The molecule has 0 amide bonds. The van der Waals surface area contributed by atoms with Crippen molar-refractivity contribution in [1.82, 2.24) is 4.67 Å². The van der Waals surface area contributed by atoms with Gasteiger partial charge in [0.15, 0.2) is 0 Å². The minimum atomic E-state index is -3.00. The molecule has 0 spiro atoms. The molecule has 0 unspecified atom stereocenters. The zero-order valence-corrected chi connectivity index (χ0v) is 18.3. The highest BCUT2D eigenvalue weighted by Crippen LogP contribution is 2.70. The van der Waals surface area contributed by atoms with Crippen molar-refractivity contribution in [1.29, 1.82) is 0 Å². The Morgan fingerprint density at radius 3 is 2.06 bits per heavy atom. The summed E-state index contributed by atoms with van der Waals surface area (Å²) in [4.78, 5) is 0. The molecule has 2 aliphatic rings. The standard InChI is InChI=1S/C27H26NO2P/c1-28-26(20-11-5-2-6-12-20)24-18-17-22(27(29)21-13-7-3-8-14-21)19-25(24)31(28,30)23-15-9-4-10-16-23/h2-19,22,24,26-27,29H,1H3/t22-,24+,26-,27+,31-/m1/s1. The Balaban J connectivity index is 1.63. The van der Waals surface area contributed by atoms with E-state index in [0.717, 1.165) is 21.7 Å². The predicted molar refractivity (Wildman–Crippen MR) is 126 cm³/mol. The lowest BCUT2D eigenvalue weighted by atomic mass is 9.84. The van der Waals surface area contributed by atoms with Crippen molar-refractivity contribution in [2.75, 3.05) is 7.05 Å². The Kier molecular flexibility index (Phi) is 5.27. The molecular weight excluding hydrogens is 401 g/mol. The maximum Gasteiger partial charge on any atom is 0.203 e. The number of fused-ring (bicyclic) bond motifs is 1. The molecule has 0 radical (unpaired) electrons. The van der Waals surface area contributed by atoms with Gasteiger partial charge in [-0.25, -0.2) is 4.67 Å². The SMILES string of the molecule is CN1[C@H](c2ccccc2)[C@H]2C=C[C@@H]([C@@H](O)c3ccccc3)C=C2[P@]1(=O)c1ccccc1. The van der Waals surface area contributed by atoms with Crippen molar-refractivity contribution >= 4 is 12.6 Å². The quantitative estimate of drug-likeness (QED) is 0.429. The van der Waals surface area contributed by atoms with Crippen LogP contribution in [0, 0.1) is 11.8 Å². The summed E-state index contributed by atoms with van der Waals surface area (Å²) in [6, 6.07) is 29.8. The van der Waals surface area contributed by atoms with E-state index in [1.54, 1.807) is 0 Å². The largest absolute Gasteiger partial charge is 0.387 e. The van der Waals surface area contributed by atoms with Gasteiger partial charge in [0, 0.05) is 22.5 Å². The first-order valence-corrected chi connectivity index (χ1v) is 12.3. The van der Waals surface area contributed by atoms with Gasteiger partial charge >= 0.3 is 0 Å². The number of hydrogen-bond acceptors (Lipinski definition) is 2. The summed E-state index contributed by atoms with van der Waals surface area (Å²) in [5.74, 6) is -0.203. The normalized spacial score (nSPS) is 28.7. The molecule has 31 heavy (non-hydrogen) atoms. The summed E-state index contributed by atoms with van der Waals surface area (Å²) >= 11 is 0. The van der Waals surface area contributed by atoms with E-state index in [4.69, 9.17) is 0 Å². The van der Waals surface area contributed by atoms with Gasteiger partial charge in [-0.2, -0.15) is 0 Å². The van der Waals surface area contributed by atoms with Crippen LogP contribution in [0.2, 0.25) is 0 Å². The van der Waals surface area contributed by atoms with Crippen molar-refractivity contribution in [3.05, 3.63) is 126 Å². The van der Waals surface area contributed by atoms with Crippen LogP contribution in [-0.4, -0.2) is 16.8 Å². The van der Waals surface area contributed by atoms with Gasteiger partial charge in [-0.15, -0.1) is 0 Å². The van der Waals surface area contributed by atoms with E-state index in [1.165, 1.54) is 0 Å². The summed E-state index contributed by atoms with van der Waals surface area (Å²) in [6.45, 7) is 0. The predicted octanol–water partition coefficient (Wildman–Crippen LogP) is 5.70. The second-order valence-corrected chi connectivity index (χ2v) is 11.1. The average molecular weight is 427 g/mol. The molecule has 1 saturated heterocycles. The second-order valence-electron chi connectivity index (χ2n) is 8.28. The van der Waals surface area contributed by atoms with Crippen molar-refractivity contribution < 1.29 is 9.67 Å². The first kappa shape index (κ1) is 20.2. The van der Waals surface area contributed by atoms with Crippen LogP contribution in [0.25, 0.3) is 0 Å². The topological polar surface area (TPSA) is 40.5 Å². The number of benzene rings is 3. The molecule has 5 rings (SSSR count). The second kappa shape index (κ2) is 8.09. The number of aliphatic hydroxyl groups is 1. The number of hydrogen-bond donors (Lipinski definition) is 1. The molecule has 5 atom stereocenters. The summed E-state index contributed by atoms with van der Waals surface area (Å²) in [7, 11) is -1.03. The summed E-state index contributed by atoms with van der Waals surface area (Å²) < 4.78 is 16.8. The van der Waals surface area contributed by atoms with Gasteiger partial charge in [0.05, 0.1) is 12.1 Å². The number of aliphatic hydroxyl groups excluding tert-OH is 1. The van der Waals surface area contributed by atoms with E-state index < -0.39 is 13.4 Å². The lowest BCUT2D eigenvalue weighted by Gasteiger charge is -2.27. The molecule has 0 saturated carbocycles. The molecule has 3 aromatic rings. The van der Waals surface area contributed by atoms with E-state index >= 15 is 0 Å². The van der Waals surface area contributed by atoms with Gasteiger partial charge < -0.3 is 5.11 Å². The zero-order valence-electron chi connectivity index (χ0n) is 17.5. The Morgan fingerprint density at radius 2 is 1.42 bits per heavy atom. The molecule has 4 heteroatoms. The Labute approximate surface area is 183 Å². The van der Waals surface area contributed by atoms with Gasteiger partial charge in [-0.05, 0) is 30.3 Å². The molecule has 1 aliphatic heterocycles. The van der Waals surface area contributed by atoms with Crippen LogP contribution in [0.3, 0.4) is 0 Å². The zero-order chi connectivity index (χ0) is 21.4. The lowest BCUT2D eigenvalue weighted by molar-refractivity contribution is 0.149. The van der Waals surface area contributed by atoms with Crippen molar-refractivity contribution in [2.45, 2.75) is 12.1 Å². The third-order valence-corrected chi connectivity index (χ3v) is 9.82. The summed E-state index contributed by atoms with van der Waals surface area (Å²) in [5.41, 5.74) is 2.02. The number of rotatable bonds is 4. The molecule has 3 aromatic carbocycles. The van der Waals surface area contributed by atoms with Gasteiger partial charge in [0.25, 0.3) is 0 Å². The van der Waals surface area contributed by atoms with E-state index in [0.29, 0.717) is 0 Å². The fourth-order valence-electron chi connectivity index (χ4n) is 4.97. The van der Waals surface area contributed by atoms with E-state index in [1.807, 2.05) is 85.9 Å². The van der Waals surface area contributed by atoms with Gasteiger partial charge in [0.2, 0.25) is 7.29 Å². The smallest absolute Gasteiger partial charge is 0.203 e. The molecule has 0 bridgehead atoms.